The van der Waals surface area contributed by atoms with E-state index in [2.05, 4.69) is 9.72 Å². The molecule has 0 unspecified atom stereocenters. The molecule has 7 heteroatoms. The van der Waals surface area contributed by atoms with Gasteiger partial charge in [-0.05, 0) is 13.8 Å². The van der Waals surface area contributed by atoms with Crippen LogP contribution in [0.15, 0.2) is 0 Å². The Balaban J connectivity index is 3.25. The van der Waals surface area contributed by atoms with Crippen molar-refractivity contribution in [1.29, 1.82) is 0 Å². The van der Waals surface area contributed by atoms with Gasteiger partial charge in [0, 0.05) is 0 Å². The first kappa shape index (κ1) is 12.6. The number of carbonyl (C=O) groups is 1. The number of carbonyl (C=O) groups excluding carboxylic acids is 1. The second-order valence-electron chi connectivity index (χ2n) is 2.99. The second-order valence-corrected chi connectivity index (χ2v) is 2.99. The number of ether oxygens (including phenoxy) is 1. The highest BCUT2D eigenvalue weighted by Gasteiger charge is 2.25. The molecule has 1 aromatic heterocycles. The summed E-state index contributed by atoms with van der Waals surface area (Å²) in [6, 6.07) is 0. The number of hydrogen-bond donors (Lipinski definition) is 1. The number of alkyl halides is 2. The number of aliphatic hydroxyl groups excluding tert-OH is 1. The highest BCUT2D eigenvalue weighted by atomic mass is 19.3. The van der Waals surface area contributed by atoms with Crippen molar-refractivity contribution < 1.29 is 23.4 Å². The lowest BCUT2D eigenvalue weighted by molar-refractivity contribution is 0.0386. The van der Waals surface area contributed by atoms with Crippen LogP contribution in [0.2, 0.25) is 0 Å². The van der Waals surface area contributed by atoms with Gasteiger partial charge in [0.25, 0.3) is 0 Å². The predicted molar refractivity (Wildman–Crippen MR) is 50.1 cm³/mol. The molecule has 0 bridgehead atoms. The van der Waals surface area contributed by atoms with Gasteiger partial charge in [-0.2, -0.15) is 8.78 Å². The molecular weight excluding hydrogens is 222 g/mol. The summed E-state index contributed by atoms with van der Waals surface area (Å²) in [6.45, 7) is -0.540. The Morgan fingerprint density at radius 2 is 2.25 bits per heavy atom. The molecule has 1 rings (SSSR count). The van der Waals surface area contributed by atoms with Crippen LogP contribution in [-0.4, -0.2) is 27.2 Å². The smallest absolute Gasteiger partial charge is 0.357 e. The van der Waals surface area contributed by atoms with E-state index in [-0.39, 0.29) is 23.8 Å². The minimum atomic E-state index is -2.94. The number of imidazole rings is 1. The molecule has 1 heterocycles. The number of aryl methyl sites for hydroxylation is 1. The fourth-order valence-electron chi connectivity index (χ4n) is 1.37. The highest BCUT2D eigenvalue weighted by Crippen LogP contribution is 2.21. The molecule has 0 amide bonds. The molecule has 0 aliphatic rings. The minimum absolute atomic E-state index is 0.0845. The molecule has 0 radical (unpaired) electrons. The normalized spacial score (nSPS) is 10.9. The number of aliphatic hydroxyl groups is 1. The van der Waals surface area contributed by atoms with Crippen molar-refractivity contribution in [1.82, 2.24) is 9.55 Å². The SMILES string of the molecule is CCOC(=O)c1c(C)nc(CO)n1C(F)F. The maximum atomic E-state index is 12.7. The predicted octanol–water partition coefficient (Wildman–Crippen LogP) is 1.26. The van der Waals surface area contributed by atoms with Crippen LogP contribution in [0.3, 0.4) is 0 Å². The number of esters is 1. The third kappa shape index (κ3) is 2.19. The standard InChI is InChI=1S/C9H12F2N2O3/c1-3-16-8(15)7-5(2)12-6(4-14)13(7)9(10)11/h9,14H,3-4H2,1-2H3. The zero-order valence-corrected chi connectivity index (χ0v) is 8.91. The van der Waals surface area contributed by atoms with E-state index in [1.807, 2.05) is 0 Å². The molecule has 5 nitrogen and oxygen atoms in total. The molecule has 1 aromatic rings. The Kier molecular flexibility index (Phi) is 3.94. The quantitative estimate of drug-likeness (QED) is 0.796. The van der Waals surface area contributed by atoms with E-state index in [9.17, 15) is 13.6 Å². The van der Waals surface area contributed by atoms with E-state index in [0.29, 0.717) is 4.57 Å². The van der Waals surface area contributed by atoms with Gasteiger partial charge in [0.05, 0.1) is 12.3 Å². The topological polar surface area (TPSA) is 64.3 Å². The molecule has 0 aliphatic heterocycles. The molecule has 0 aliphatic carbocycles. The van der Waals surface area contributed by atoms with Crippen LogP contribution in [0.1, 0.15) is 35.5 Å². The first-order chi connectivity index (χ1) is 7.52. The lowest BCUT2D eigenvalue weighted by Gasteiger charge is -2.09. The van der Waals surface area contributed by atoms with Crippen molar-refractivity contribution in [3.63, 3.8) is 0 Å². The lowest BCUT2D eigenvalue weighted by Crippen LogP contribution is -2.15. The van der Waals surface area contributed by atoms with Gasteiger partial charge in [-0.1, -0.05) is 0 Å². The Bertz CT molecular complexity index is 390. The van der Waals surface area contributed by atoms with Crippen LogP contribution in [0.25, 0.3) is 0 Å². The van der Waals surface area contributed by atoms with E-state index in [4.69, 9.17) is 5.11 Å². The summed E-state index contributed by atoms with van der Waals surface area (Å²) in [5.41, 5.74) is -0.205. The number of rotatable bonds is 4. The summed E-state index contributed by atoms with van der Waals surface area (Å²) in [5.74, 6) is -1.12. The van der Waals surface area contributed by atoms with E-state index in [1.54, 1.807) is 6.92 Å². The fraction of sp³-hybridized carbons (Fsp3) is 0.556. The van der Waals surface area contributed by atoms with E-state index < -0.39 is 19.1 Å². The number of hydrogen-bond acceptors (Lipinski definition) is 4. The van der Waals surface area contributed by atoms with Gasteiger partial charge < -0.3 is 9.84 Å². The summed E-state index contributed by atoms with van der Waals surface area (Å²) >= 11 is 0. The zero-order chi connectivity index (χ0) is 12.3. The van der Waals surface area contributed by atoms with Crippen LogP contribution >= 0.6 is 0 Å². The van der Waals surface area contributed by atoms with E-state index in [1.165, 1.54) is 6.92 Å². The molecule has 0 atom stereocenters. The van der Waals surface area contributed by atoms with Crippen molar-refractivity contribution in [2.45, 2.75) is 27.0 Å². The van der Waals surface area contributed by atoms with Crippen molar-refractivity contribution in [2.75, 3.05) is 6.61 Å². The van der Waals surface area contributed by atoms with Crippen LogP contribution in [-0.2, 0) is 11.3 Å². The molecule has 0 spiro atoms. The van der Waals surface area contributed by atoms with Crippen LogP contribution in [0.5, 0.6) is 0 Å². The maximum Gasteiger partial charge on any atom is 0.357 e. The molecule has 0 saturated carbocycles. The van der Waals surface area contributed by atoms with Crippen molar-refractivity contribution in [3.05, 3.63) is 17.2 Å². The van der Waals surface area contributed by atoms with Crippen molar-refractivity contribution in [2.24, 2.45) is 0 Å². The monoisotopic (exact) mass is 234 g/mol. The highest BCUT2D eigenvalue weighted by molar-refractivity contribution is 5.89. The van der Waals surface area contributed by atoms with Gasteiger partial charge in [0.1, 0.15) is 12.4 Å². The van der Waals surface area contributed by atoms with Crippen LogP contribution in [0, 0.1) is 6.92 Å². The largest absolute Gasteiger partial charge is 0.461 e. The molecule has 1 N–H and O–H groups in total. The first-order valence-electron chi connectivity index (χ1n) is 4.66. The molecule has 0 aromatic carbocycles. The van der Waals surface area contributed by atoms with Gasteiger partial charge in [-0.15, -0.1) is 0 Å². The summed E-state index contributed by atoms with van der Waals surface area (Å²) in [6.07, 6.45) is 0. The van der Waals surface area contributed by atoms with Crippen molar-refractivity contribution in [3.8, 4) is 0 Å². The Morgan fingerprint density at radius 1 is 1.62 bits per heavy atom. The van der Waals surface area contributed by atoms with Gasteiger partial charge in [0.15, 0.2) is 5.69 Å². The third-order valence-electron chi connectivity index (χ3n) is 1.96. The molecule has 16 heavy (non-hydrogen) atoms. The fourth-order valence-corrected chi connectivity index (χ4v) is 1.37. The number of halogens is 2. The Morgan fingerprint density at radius 3 is 2.69 bits per heavy atom. The molecule has 0 saturated heterocycles. The summed E-state index contributed by atoms with van der Waals surface area (Å²) in [4.78, 5) is 15.1. The maximum absolute atomic E-state index is 12.7. The van der Waals surface area contributed by atoms with Crippen LogP contribution in [0.4, 0.5) is 8.78 Å². The molecular formula is C9H12F2N2O3. The van der Waals surface area contributed by atoms with Gasteiger partial charge in [-0.25, -0.2) is 9.78 Å². The number of nitrogens with zero attached hydrogens (tertiary/aromatic N) is 2. The van der Waals surface area contributed by atoms with Gasteiger partial charge in [-0.3, -0.25) is 4.57 Å². The van der Waals surface area contributed by atoms with Gasteiger partial charge >= 0.3 is 12.5 Å². The number of aromatic nitrogens is 2. The second kappa shape index (κ2) is 5.02. The summed E-state index contributed by atoms with van der Waals surface area (Å²) < 4.78 is 30.4. The first-order valence-corrected chi connectivity index (χ1v) is 4.66. The summed E-state index contributed by atoms with van der Waals surface area (Å²) in [5, 5.41) is 8.85. The van der Waals surface area contributed by atoms with E-state index in [0.717, 1.165) is 0 Å². The average molecular weight is 234 g/mol. The Hall–Kier alpha value is -1.50. The zero-order valence-electron chi connectivity index (χ0n) is 8.91. The molecule has 0 fully saturated rings. The summed E-state index contributed by atoms with van der Waals surface area (Å²) in [7, 11) is 0. The minimum Gasteiger partial charge on any atom is -0.461 e. The van der Waals surface area contributed by atoms with Crippen LogP contribution < -0.4 is 0 Å². The van der Waals surface area contributed by atoms with Gasteiger partial charge in [0.2, 0.25) is 0 Å². The third-order valence-corrected chi connectivity index (χ3v) is 1.96. The Labute approximate surface area is 90.7 Å². The van der Waals surface area contributed by atoms with Crippen molar-refractivity contribution >= 4 is 5.97 Å². The van der Waals surface area contributed by atoms with E-state index >= 15 is 0 Å². The molecule has 90 valence electrons. The lowest BCUT2D eigenvalue weighted by atomic mass is 10.3. The average Bonchev–Trinajstić information content (AvgIpc) is 2.55.